The number of aryl methyl sites for hydroxylation is 1. The summed E-state index contributed by atoms with van der Waals surface area (Å²) in [5.41, 5.74) is 1.72. The summed E-state index contributed by atoms with van der Waals surface area (Å²) in [6.07, 6.45) is -0.264. The predicted molar refractivity (Wildman–Crippen MR) is 123 cm³/mol. The molecule has 4 rings (SSSR count). The van der Waals surface area contributed by atoms with Crippen LogP contribution < -0.4 is 0 Å². The maximum Gasteiger partial charge on any atom is 0.303 e. The van der Waals surface area contributed by atoms with E-state index in [1.165, 1.54) is 28.9 Å². The number of ether oxygens (including phenoxy) is 1. The van der Waals surface area contributed by atoms with Gasteiger partial charge in [0.25, 0.3) is 0 Å². The first-order valence-electron chi connectivity index (χ1n) is 11.2. The third kappa shape index (κ3) is 5.43. The van der Waals surface area contributed by atoms with E-state index < -0.39 is 15.8 Å². The Balaban J connectivity index is 1.43. The minimum absolute atomic E-state index is 0.00151. The molecule has 0 unspecified atom stereocenters. The van der Waals surface area contributed by atoms with Crippen LogP contribution in [0.15, 0.2) is 53.4 Å². The van der Waals surface area contributed by atoms with Crippen molar-refractivity contribution in [2.75, 3.05) is 39.3 Å². The summed E-state index contributed by atoms with van der Waals surface area (Å²) in [4.78, 5) is 16.2. The summed E-state index contributed by atoms with van der Waals surface area (Å²) >= 11 is 0. The summed E-state index contributed by atoms with van der Waals surface area (Å²) in [7, 11) is -3.78. The van der Waals surface area contributed by atoms with Gasteiger partial charge in [0.15, 0.2) is 0 Å². The molecule has 178 valence electrons. The number of carbonyl (C=O) groups is 1. The minimum atomic E-state index is -3.78. The number of benzene rings is 2. The van der Waals surface area contributed by atoms with Gasteiger partial charge >= 0.3 is 5.97 Å². The number of likely N-dealkylation sites (tertiary alicyclic amines) is 1. The molecule has 2 heterocycles. The lowest BCUT2D eigenvalue weighted by Crippen LogP contribution is -2.55. The largest absolute Gasteiger partial charge is 0.459 e. The number of piperazine rings is 1. The van der Waals surface area contributed by atoms with Gasteiger partial charge in [0, 0.05) is 52.7 Å². The average Bonchev–Trinajstić information content (AvgIpc) is 3.17. The van der Waals surface area contributed by atoms with Gasteiger partial charge in [-0.2, -0.15) is 4.31 Å². The quantitative estimate of drug-likeness (QED) is 0.597. The van der Waals surface area contributed by atoms with E-state index in [4.69, 9.17) is 4.74 Å². The van der Waals surface area contributed by atoms with Crippen molar-refractivity contribution in [1.82, 2.24) is 14.1 Å². The highest BCUT2D eigenvalue weighted by Gasteiger charge is 2.41. The molecule has 0 spiro atoms. The van der Waals surface area contributed by atoms with Gasteiger partial charge in [-0.25, -0.2) is 12.8 Å². The Labute approximate surface area is 194 Å². The van der Waals surface area contributed by atoms with Crippen molar-refractivity contribution in [1.29, 1.82) is 0 Å². The van der Waals surface area contributed by atoms with E-state index in [1.54, 1.807) is 6.92 Å². The molecule has 2 aromatic carbocycles. The van der Waals surface area contributed by atoms with Crippen LogP contribution in [0.3, 0.4) is 0 Å². The molecule has 2 aliphatic heterocycles. The monoisotopic (exact) mass is 475 g/mol. The maximum absolute atomic E-state index is 13.7. The van der Waals surface area contributed by atoms with Crippen molar-refractivity contribution in [2.45, 2.75) is 37.4 Å². The van der Waals surface area contributed by atoms with E-state index in [2.05, 4.69) is 21.9 Å². The molecular formula is C24H30FN3O4S. The highest BCUT2D eigenvalue weighted by atomic mass is 32.2. The van der Waals surface area contributed by atoms with E-state index in [0.717, 1.165) is 19.2 Å². The van der Waals surface area contributed by atoms with Gasteiger partial charge in [-0.1, -0.05) is 36.4 Å². The smallest absolute Gasteiger partial charge is 0.303 e. The molecule has 0 N–H and O–H groups in total. The van der Waals surface area contributed by atoms with Gasteiger partial charge in [0.1, 0.15) is 11.9 Å². The number of hydrogen-bond donors (Lipinski definition) is 0. The fraction of sp³-hybridized carbons (Fsp3) is 0.458. The summed E-state index contributed by atoms with van der Waals surface area (Å²) in [5, 5.41) is 0. The van der Waals surface area contributed by atoms with Crippen LogP contribution in [0.25, 0.3) is 0 Å². The zero-order valence-electron chi connectivity index (χ0n) is 19.0. The lowest BCUT2D eigenvalue weighted by atomic mass is 10.1. The SMILES string of the molecule is CC(=O)O[C@@H]1CN(Cc2ccccc2)C[C@@H]1N1CCN(S(=O)(=O)c2cc(F)ccc2C)CC1. The number of halogens is 1. The zero-order valence-corrected chi connectivity index (χ0v) is 19.8. The first kappa shape index (κ1) is 23.8. The van der Waals surface area contributed by atoms with Crippen molar-refractivity contribution in [3.63, 3.8) is 0 Å². The van der Waals surface area contributed by atoms with E-state index in [-0.39, 0.29) is 23.0 Å². The van der Waals surface area contributed by atoms with E-state index in [0.29, 0.717) is 38.3 Å². The molecule has 9 heteroatoms. The molecular weight excluding hydrogens is 445 g/mol. The first-order chi connectivity index (χ1) is 15.7. The van der Waals surface area contributed by atoms with Gasteiger partial charge < -0.3 is 4.74 Å². The van der Waals surface area contributed by atoms with Crippen LogP contribution in [0.2, 0.25) is 0 Å². The Morgan fingerprint density at radius 1 is 1.06 bits per heavy atom. The lowest BCUT2D eigenvalue weighted by molar-refractivity contribution is -0.148. The van der Waals surface area contributed by atoms with Gasteiger partial charge in [0.05, 0.1) is 10.9 Å². The fourth-order valence-electron chi connectivity index (χ4n) is 4.75. The average molecular weight is 476 g/mol. The second-order valence-electron chi connectivity index (χ2n) is 8.74. The third-order valence-electron chi connectivity index (χ3n) is 6.39. The number of sulfonamides is 1. The first-order valence-corrected chi connectivity index (χ1v) is 12.6. The molecule has 0 saturated carbocycles. The second kappa shape index (κ2) is 9.89. The number of esters is 1. The maximum atomic E-state index is 13.7. The molecule has 2 saturated heterocycles. The molecule has 0 radical (unpaired) electrons. The molecule has 2 aliphatic rings. The molecule has 2 aromatic rings. The molecule has 0 bridgehead atoms. The highest BCUT2D eigenvalue weighted by Crippen LogP contribution is 2.26. The summed E-state index contributed by atoms with van der Waals surface area (Å²) < 4.78 is 47.0. The van der Waals surface area contributed by atoms with Gasteiger partial charge in [0.2, 0.25) is 10.0 Å². The Kier molecular flexibility index (Phi) is 7.13. The molecule has 0 amide bonds. The summed E-state index contributed by atoms with van der Waals surface area (Å²) in [6.45, 7) is 6.89. The molecule has 2 atom stereocenters. The van der Waals surface area contributed by atoms with Gasteiger partial charge in [-0.15, -0.1) is 0 Å². The van der Waals surface area contributed by atoms with E-state index in [9.17, 15) is 17.6 Å². The highest BCUT2D eigenvalue weighted by molar-refractivity contribution is 7.89. The molecule has 0 aromatic heterocycles. The molecule has 33 heavy (non-hydrogen) atoms. The van der Waals surface area contributed by atoms with Crippen molar-refractivity contribution < 1.29 is 22.3 Å². The number of carbonyl (C=O) groups excluding carboxylic acids is 1. The Morgan fingerprint density at radius 2 is 1.76 bits per heavy atom. The van der Waals surface area contributed by atoms with Crippen LogP contribution in [0, 0.1) is 12.7 Å². The number of hydrogen-bond acceptors (Lipinski definition) is 6. The van der Waals surface area contributed by atoms with Crippen LogP contribution in [0.5, 0.6) is 0 Å². The van der Waals surface area contributed by atoms with Crippen molar-refractivity contribution in [3.8, 4) is 0 Å². The minimum Gasteiger partial charge on any atom is -0.459 e. The molecule has 2 fully saturated rings. The second-order valence-corrected chi connectivity index (χ2v) is 10.7. The van der Waals surface area contributed by atoms with Gasteiger partial charge in [-0.05, 0) is 30.2 Å². The van der Waals surface area contributed by atoms with Crippen LogP contribution in [0.4, 0.5) is 4.39 Å². The van der Waals surface area contributed by atoms with E-state index in [1.807, 2.05) is 18.2 Å². The zero-order chi connectivity index (χ0) is 23.6. The van der Waals surface area contributed by atoms with E-state index >= 15 is 0 Å². The Bertz CT molecular complexity index is 1090. The third-order valence-corrected chi connectivity index (χ3v) is 8.43. The van der Waals surface area contributed by atoms with Crippen LogP contribution in [0.1, 0.15) is 18.1 Å². The fourth-order valence-corrected chi connectivity index (χ4v) is 6.41. The molecule has 0 aliphatic carbocycles. The van der Waals surface area contributed by atoms with Gasteiger partial charge in [-0.3, -0.25) is 14.6 Å². The van der Waals surface area contributed by atoms with Crippen LogP contribution in [-0.2, 0) is 26.1 Å². The Hall–Kier alpha value is -2.33. The van der Waals surface area contributed by atoms with Crippen LogP contribution in [-0.4, -0.2) is 79.9 Å². The number of rotatable bonds is 6. The standard InChI is InChI=1S/C24H30FN3O4S/c1-18-8-9-21(25)14-24(18)33(30,31)28-12-10-27(11-13-28)22-16-26(17-23(22)32-19(2)29)15-20-6-4-3-5-7-20/h3-9,14,22-23H,10-13,15-17H2,1-2H3/t22-,23+/m0/s1. The Morgan fingerprint density at radius 3 is 2.42 bits per heavy atom. The molecule has 7 nitrogen and oxygen atoms in total. The summed E-state index contributed by atoms with van der Waals surface area (Å²) in [5.74, 6) is -0.874. The lowest BCUT2D eigenvalue weighted by Gasteiger charge is -2.38. The normalized spacial score (nSPS) is 23.0. The van der Waals surface area contributed by atoms with Crippen molar-refractivity contribution >= 4 is 16.0 Å². The van der Waals surface area contributed by atoms with Crippen molar-refractivity contribution in [2.24, 2.45) is 0 Å². The topological polar surface area (TPSA) is 70.2 Å². The number of nitrogens with zero attached hydrogens (tertiary/aromatic N) is 3. The predicted octanol–water partition coefficient (Wildman–Crippen LogP) is 2.26. The van der Waals surface area contributed by atoms with Crippen LogP contribution >= 0.6 is 0 Å². The summed E-state index contributed by atoms with van der Waals surface area (Å²) in [6, 6.07) is 14.0. The van der Waals surface area contributed by atoms with Crippen molar-refractivity contribution in [3.05, 3.63) is 65.5 Å².